The van der Waals surface area contributed by atoms with Crippen LogP contribution in [0.3, 0.4) is 0 Å². The number of methoxy groups -OCH3 is 1. The quantitative estimate of drug-likeness (QED) is 0.436. The minimum absolute atomic E-state index is 0.699. The van der Waals surface area contributed by atoms with Crippen LogP contribution in [0, 0.1) is 0 Å². The van der Waals surface area contributed by atoms with E-state index in [1.165, 1.54) is 6.42 Å². The van der Waals surface area contributed by atoms with Crippen LogP contribution in [0.2, 0.25) is 5.02 Å². The number of nitrogens with one attached hydrogen (secondary N) is 1. The number of halogens is 1. The highest BCUT2D eigenvalue weighted by atomic mass is 35.5. The number of fused-ring (bicyclic) bond motifs is 2. The molecule has 0 spiro atoms. The molecule has 0 atom stereocenters. The molecular weight excluding hydrogens is 346 g/mol. The Balaban J connectivity index is 1.93. The third-order valence-corrected chi connectivity index (χ3v) is 4.80. The van der Waals surface area contributed by atoms with Gasteiger partial charge in [0.1, 0.15) is 5.75 Å². The molecule has 3 rings (SSSR count). The summed E-state index contributed by atoms with van der Waals surface area (Å²) in [6, 6.07) is 11.8. The maximum Gasteiger partial charge on any atom is 0.119 e. The number of rotatable bonds is 8. The number of aromatic nitrogens is 1. The Bertz CT molecular complexity index is 897. The summed E-state index contributed by atoms with van der Waals surface area (Å²) in [7, 11) is 3.86. The molecule has 3 aromatic rings. The molecule has 1 N–H and O–H groups in total. The molecule has 5 heteroatoms. The lowest BCUT2D eigenvalue weighted by Gasteiger charge is -2.17. The van der Waals surface area contributed by atoms with Crippen LogP contribution in [0.4, 0.5) is 5.69 Å². The van der Waals surface area contributed by atoms with E-state index < -0.39 is 0 Å². The number of hydrogen-bond donors (Lipinski definition) is 1. The van der Waals surface area contributed by atoms with Crippen LogP contribution in [0.15, 0.2) is 36.4 Å². The van der Waals surface area contributed by atoms with Gasteiger partial charge in [-0.1, -0.05) is 18.5 Å². The van der Waals surface area contributed by atoms with E-state index in [1.807, 2.05) is 36.4 Å². The second kappa shape index (κ2) is 8.56. The van der Waals surface area contributed by atoms with Gasteiger partial charge in [-0.15, -0.1) is 0 Å². The molecule has 26 heavy (non-hydrogen) atoms. The van der Waals surface area contributed by atoms with Crippen molar-refractivity contribution in [3.8, 4) is 5.75 Å². The van der Waals surface area contributed by atoms with Gasteiger partial charge in [-0.25, -0.2) is 4.98 Å². The van der Waals surface area contributed by atoms with Crippen LogP contribution in [0.25, 0.3) is 21.8 Å². The topological polar surface area (TPSA) is 37.4 Å². The van der Waals surface area contributed by atoms with E-state index >= 15 is 0 Å². The van der Waals surface area contributed by atoms with Crippen LogP contribution >= 0.6 is 11.6 Å². The molecule has 0 bridgehead atoms. The standard InChI is InChI=1S/C21H26ClN3O/c1-4-11-25(2)12-5-10-23-21-17-8-6-15(22)13-20(17)24-19-9-7-16(26-3)14-18(19)21/h6-9,13-14H,4-5,10-12H2,1-3H3,(H,23,24). The fourth-order valence-electron chi connectivity index (χ4n) is 3.27. The lowest BCUT2D eigenvalue weighted by atomic mass is 10.1. The van der Waals surface area contributed by atoms with E-state index in [9.17, 15) is 0 Å². The van der Waals surface area contributed by atoms with Crippen molar-refractivity contribution in [1.29, 1.82) is 0 Å². The number of benzene rings is 2. The summed E-state index contributed by atoms with van der Waals surface area (Å²) >= 11 is 6.18. The first-order valence-corrected chi connectivity index (χ1v) is 9.49. The number of hydrogen-bond acceptors (Lipinski definition) is 4. The van der Waals surface area contributed by atoms with Gasteiger partial charge in [0.15, 0.2) is 0 Å². The van der Waals surface area contributed by atoms with Crippen LogP contribution in [0.5, 0.6) is 5.75 Å². The van der Waals surface area contributed by atoms with Gasteiger partial charge < -0.3 is 15.0 Å². The summed E-state index contributed by atoms with van der Waals surface area (Å²) in [5, 5.41) is 6.48. The predicted octanol–water partition coefficient (Wildman–Crippen LogP) is 5.19. The van der Waals surface area contributed by atoms with Crippen molar-refractivity contribution in [2.45, 2.75) is 19.8 Å². The third-order valence-electron chi connectivity index (χ3n) is 4.57. The zero-order valence-electron chi connectivity index (χ0n) is 15.7. The highest BCUT2D eigenvalue weighted by Crippen LogP contribution is 2.34. The predicted molar refractivity (Wildman–Crippen MR) is 112 cm³/mol. The number of nitrogens with zero attached hydrogens (tertiary/aromatic N) is 2. The first kappa shape index (κ1) is 18.7. The van der Waals surface area contributed by atoms with Crippen molar-refractivity contribution in [3.63, 3.8) is 0 Å². The molecule has 0 saturated heterocycles. The van der Waals surface area contributed by atoms with Crippen LogP contribution in [-0.4, -0.2) is 43.7 Å². The second-order valence-corrected chi connectivity index (χ2v) is 7.05. The number of pyridine rings is 1. The molecule has 2 aromatic carbocycles. The summed E-state index contributed by atoms with van der Waals surface area (Å²) in [5.74, 6) is 0.832. The van der Waals surface area contributed by atoms with Crippen molar-refractivity contribution >= 4 is 39.1 Å². The van der Waals surface area contributed by atoms with Gasteiger partial charge in [0.2, 0.25) is 0 Å². The average molecular weight is 372 g/mol. The van der Waals surface area contributed by atoms with Crippen LogP contribution in [-0.2, 0) is 0 Å². The minimum Gasteiger partial charge on any atom is -0.497 e. The largest absolute Gasteiger partial charge is 0.497 e. The van der Waals surface area contributed by atoms with Crippen molar-refractivity contribution in [2.24, 2.45) is 0 Å². The minimum atomic E-state index is 0.699. The molecule has 1 aromatic heterocycles. The molecule has 0 saturated carbocycles. The molecule has 0 aliphatic heterocycles. The highest BCUT2D eigenvalue weighted by Gasteiger charge is 2.11. The van der Waals surface area contributed by atoms with Crippen molar-refractivity contribution < 1.29 is 4.74 Å². The highest BCUT2D eigenvalue weighted by molar-refractivity contribution is 6.31. The van der Waals surface area contributed by atoms with Gasteiger partial charge in [0, 0.05) is 22.3 Å². The Kier molecular flexibility index (Phi) is 6.17. The van der Waals surface area contributed by atoms with Crippen molar-refractivity contribution in [1.82, 2.24) is 9.88 Å². The smallest absolute Gasteiger partial charge is 0.119 e. The maximum absolute atomic E-state index is 6.18. The summed E-state index contributed by atoms with van der Waals surface area (Å²) in [4.78, 5) is 7.14. The Morgan fingerprint density at radius 2 is 1.92 bits per heavy atom. The van der Waals surface area contributed by atoms with E-state index in [0.29, 0.717) is 5.02 Å². The Morgan fingerprint density at radius 1 is 1.08 bits per heavy atom. The van der Waals surface area contributed by atoms with E-state index in [-0.39, 0.29) is 0 Å². The molecule has 1 heterocycles. The number of ether oxygens (including phenoxy) is 1. The van der Waals surface area contributed by atoms with E-state index in [1.54, 1.807) is 7.11 Å². The molecule has 0 radical (unpaired) electrons. The first-order chi connectivity index (χ1) is 12.6. The monoisotopic (exact) mass is 371 g/mol. The molecule has 0 aliphatic carbocycles. The fourth-order valence-corrected chi connectivity index (χ4v) is 3.44. The summed E-state index contributed by atoms with van der Waals surface area (Å²) in [5.41, 5.74) is 2.94. The van der Waals surface area contributed by atoms with E-state index in [2.05, 4.69) is 24.2 Å². The van der Waals surface area contributed by atoms with Gasteiger partial charge in [-0.05, 0) is 69.4 Å². The van der Waals surface area contributed by atoms with Gasteiger partial charge in [0.25, 0.3) is 0 Å². The van der Waals surface area contributed by atoms with Gasteiger partial charge in [0.05, 0.1) is 23.8 Å². The maximum atomic E-state index is 6.18. The zero-order chi connectivity index (χ0) is 18.5. The van der Waals surface area contributed by atoms with Gasteiger partial charge in [-0.3, -0.25) is 0 Å². The summed E-state index contributed by atoms with van der Waals surface area (Å²) in [6.45, 7) is 5.33. The Labute approximate surface area is 160 Å². The van der Waals surface area contributed by atoms with Gasteiger partial charge in [-0.2, -0.15) is 0 Å². The summed E-state index contributed by atoms with van der Waals surface area (Å²) < 4.78 is 5.41. The fraction of sp³-hybridized carbons (Fsp3) is 0.381. The molecular formula is C21H26ClN3O. The molecule has 0 amide bonds. The third kappa shape index (κ3) is 4.19. The molecule has 138 valence electrons. The van der Waals surface area contributed by atoms with Crippen LogP contribution in [0.1, 0.15) is 19.8 Å². The normalized spacial score (nSPS) is 11.4. The Hall–Kier alpha value is -2.04. The van der Waals surface area contributed by atoms with E-state index in [0.717, 1.165) is 59.3 Å². The second-order valence-electron chi connectivity index (χ2n) is 6.61. The van der Waals surface area contributed by atoms with E-state index in [4.69, 9.17) is 21.3 Å². The van der Waals surface area contributed by atoms with Crippen molar-refractivity contribution in [3.05, 3.63) is 41.4 Å². The molecule has 0 unspecified atom stereocenters. The number of anilines is 1. The molecule has 0 fully saturated rings. The lowest BCUT2D eigenvalue weighted by molar-refractivity contribution is 0.333. The Morgan fingerprint density at radius 3 is 2.69 bits per heavy atom. The van der Waals surface area contributed by atoms with Gasteiger partial charge >= 0.3 is 0 Å². The molecule has 0 aliphatic rings. The van der Waals surface area contributed by atoms with Crippen molar-refractivity contribution in [2.75, 3.05) is 39.1 Å². The first-order valence-electron chi connectivity index (χ1n) is 9.11. The van der Waals surface area contributed by atoms with Crippen LogP contribution < -0.4 is 10.1 Å². The SMILES string of the molecule is CCCN(C)CCCNc1c2ccc(Cl)cc2nc2ccc(OC)cc12. The lowest BCUT2D eigenvalue weighted by Crippen LogP contribution is -2.22. The zero-order valence-corrected chi connectivity index (χ0v) is 16.4. The molecule has 4 nitrogen and oxygen atoms in total. The average Bonchev–Trinajstić information content (AvgIpc) is 2.64. The summed E-state index contributed by atoms with van der Waals surface area (Å²) in [6.07, 6.45) is 2.27.